The largest absolute Gasteiger partial charge is 0.481 e. The maximum atomic E-state index is 11.1. The summed E-state index contributed by atoms with van der Waals surface area (Å²) in [5, 5.41) is 9.00. The number of nitrogens with zero attached hydrogens (tertiary/aromatic N) is 1. The normalized spacial score (nSPS) is 25.9. The van der Waals surface area contributed by atoms with Crippen LogP contribution in [0.25, 0.3) is 0 Å². The highest BCUT2D eigenvalue weighted by Crippen LogP contribution is 2.34. The highest BCUT2D eigenvalue weighted by Gasteiger charge is 2.40. The molecule has 1 aliphatic heterocycles. The summed E-state index contributed by atoms with van der Waals surface area (Å²) in [7, 11) is 0. The monoisotopic (exact) mass is 199 g/mol. The number of carboxylic acids is 1. The molecule has 80 valence electrons. The van der Waals surface area contributed by atoms with E-state index in [0.29, 0.717) is 19.5 Å². The first kappa shape index (κ1) is 11.0. The molecule has 1 rings (SSSR count). The predicted octanol–water partition coefficient (Wildman–Crippen LogP) is 0.966. The number of carbonyl (C=O) groups excluding carboxylic acids is 1. The zero-order chi connectivity index (χ0) is 10.9. The zero-order valence-corrected chi connectivity index (χ0v) is 8.91. The van der Waals surface area contributed by atoms with Crippen LogP contribution >= 0.6 is 0 Å². The van der Waals surface area contributed by atoms with E-state index < -0.39 is 5.97 Å². The molecule has 0 radical (unpaired) electrons. The van der Waals surface area contributed by atoms with Gasteiger partial charge in [0.05, 0.1) is 5.92 Å². The molecule has 1 unspecified atom stereocenters. The molecule has 1 fully saturated rings. The molecule has 0 aliphatic carbocycles. The lowest BCUT2D eigenvalue weighted by Gasteiger charge is -2.41. The van der Waals surface area contributed by atoms with Crippen LogP contribution in [-0.4, -0.2) is 35.0 Å². The molecular weight excluding hydrogens is 182 g/mol. The first-order chi connectivity index (χ1) is 6.34. The number of rotatable bonds is 1. The zero-order valence-electron chi connectivity index (χ0n) is 8.91. The van der Waals surface area contributed by atoms with Crippen molar-refractivity contribution >= 4 is 11.9 Å². The van der Waals surface area contributed by atoms with Gasteiger partial charge in [-0.2, -0.15) is 0 Å². The lowest BCUT2D eigenvalue weighted by atomic mass is 9.74. The van der Waals surface area contributed by atoms with Crippen LogP contribution in [0, 0.1) is 11.3 Å². The molecule has 1 heterocycles. The van der Waals surface area contributed by atoms with Crippen LogP contribution < -0.4 is 0 Å². The lowest BCUT2D eigenvalue weighted by Crippen LogP contribution is -2.49. The van der Waals surface area contributed by atoms with Gasteiger partial charge in [0.15, 0.2) is 0 Å². The van der Waals surface area contributed by atoms with Crippen LogP contribution in [0.15, 0.2) is 0 Å². The van der Waals surface area contributed by atoms with E-state index in [9.17, 15) is 9.59 Å². The standard InChI is InChI=1S/C10H17NO3/c1-7(12)11-5-4-8(9(13)14)10(2,3)6-11/h8H,4-6H2,1-3H3,(H,13,14). The fraction of sp³-hybridized carbons (Fsp3) is 0.800. The van der Waals surface area contributed by atoms with Crippen molar-refractivity contribution in [3.8, 4) is 0 Å². The second kappa shape index (κ2) is 3.59. The van der Waals surface area contributed by atoms with Crippen LogP contribution in [0.1, 0.15) is 27.2 Å². The Morgan fingerprint density at radius 3 is 2.36 bits per heavy atom. The van der Waals surface area contributed by atoms with Crippen LogP contribution in [0.2, 0.25) is 0 Å². The Hall–Kier alpha value is -1.06. The van der Waals surface area contributed by atoms with Gasteiger partial charge in [0.25, 0.3) is 0 Å². The van der Waals surface area contributed by atoms with E-state index >= 15 is 0 Å². The van der Waals surface area contributed by atoms with Crippen molar-refractivity contribution in [1.82, 2.24) is 4.90 Å². The fourth-order valence-corrected chi connectivity index (χ4v) is 2.08. The number of carboxylic acid groups (broad SMARTS) is 1. The van der Waals surface area contributed by atoms with E-state index in [1.54, 1.807) is 4.90 Å². The van der Waals surface area contributed by atoms with Crippen LogP contribution in [-0.2, 0) is 9.59 Å². The highest BCUT2D eigenvalue weighted by molar-refractivity contribution is 5.75. The van der Waals surface area contributed by atoms with Crippen LogP contribution in [0.4, 0.5) is 0 Å². The van der Waals surface area contributed by atoms with Gasteiger partial charge in [-0.3, -0.25) is 9.59 Å². The van der Waals surface area contributed by atoms with Gasteiger partial charge in [-0.05, 0) is 11.8 Å². The van der Waals surface area contributed by atoms with Gasteiger partial charge in [-0.25, -0.2) is 0 Å². The summed E-state index contributed by atoms with van der Waals surface area (Å²) in [6, 6.07) is 0. The number of hydrogen-bond acceptors (Lipinski definition) is 2. The van der Waals surface area contributed by atoms with Crippen molar-refractivity contribution in [1.29, 1.82) is 0 Å². The SMILES string of the molecule is CC(=O)N1CCC(C(=O)O)C(C)(C)C1. The molecule has 1 aliphatic rings. The molecule has 1 atom stereocenters. The minimum absolute atomic E-state index is 0.0295. The van der Waals surface area contributed by atoms with E-state index in [4.69, 9.17) is 5.11 Å². The maximum absolute atomic E-state index is 11.1. The quantitative estimate of drug-likeness (QED) is 0.684. The second-order valence-electron chi connectivity index (χ2n) is 4.61. The topological polar surface area (TPSA) is 57.6 Å². The minimum Gasteiger partial charge on any atom is -0.481 e. The molecule has 14 heavy (non-hydrogen) atoms. The molecule has 4 heteroatoms. The fourth-order valence-electron chi connectivity index (χ4n) is 2.08. The van der Waals surface area contributed by atoms with E-state index in [0.717, 1.165) is 0 Å². The summed E-state index contributed by atoms with van der Waals surface area (Å²) in [6.45, 7) is 6.44. The summed E-state index contributed by atoms with van der Waals surface area (Å²) >= 11 is 0. The smallest absolute Gasteiger partial charge is 0.307 e. The molecule has 0 aromatic carbocycles. The molecule has 4 nitrogen and oxygen atoms in total. The van der Waals surface area contributed by atoms with Gasteiger partial charge in [0.1, 0.15) is 0 Å². The molecule has 1 saturated heterocycles. The number of piperidine rings is 1. The van der Waals surface area contributed by atoms with Crippen molar-refractivity contribution < 1.29 is 14.7 Å². The number of likely N-dealkylation sites (tertiary alicyclic amines) is 1. The lowest BCUT2D eigenvalue weighted by molar-refractivity contribution is -0.152. The van der Waals surface area contributed by atoms with Crippen molar-refractivity contribution in [2.24, 2.45) is 11.3 Å². The first-order valence-corrected chi connectivity index (χ1v) is 4.83. The third-order valence-corrected chi connectivity index (χ3v) is 2.97. The minimum atomic E-state index is -0.752. The molecule has 0 bridgehead atoms. The second-order valence-corrected chi connectivity index (χ2v) is 4.61. The highest BCUT2D eigenvalue weighted by atomic mass is 16.4. The van der Waals surface area contributed by atoms with Crippen molar-refractivity contribution in [2.45, 2.75) is 27.2 Å². The Morgan fingerprint density at radius 1 is 1.43 bits per heavy atom. The summed E-state index contributed by atoms with van der Waals surface area (Å²) < 4.78 is 0. The summed E-state index contributed by atoms with van der Waals surface area (Å²) in [5.74, 6) is -1.06. The summed E-state index contributed by atoms with van der Waals surface area (Å²) in [6.07, 6.45) is 0.557. The maximum Gasteiger partial charge on any atom is 0.307 e. The Kier molecular flexibility index (Phi) is 2.83. The molecule has 1 N–H and O–H groups in total. The van der Waals surface area contributed by atoms with Gasteiger partial charge in [0, 0.05) is 20.0 Å². The van der Waals surface area contributed by atoms with Gasteiger partial charge in [-0.15, -0.1) is 0 Å². The Labute approximate surface area is 83.9 Å². The average Bonchev–Trinajstić information content (AvgIpc) is 2.01. The number of aliphatic carboxylic acids is 1. The first-order valence-electron chi connectivity index (χ1n) is 4.83. The Bertz CT molecular complexity index is 260. The van der Waals surface area contributed by atoms with Crippen molar-refractivity contribution in [3.05, 3.63) is 0 Å². The third kappa shape index (κ3) is 2.05. The number of hydrogen-bond donors (Lipinski definition) is 1. The molecule has 0 saturated carbocycles. The average molecular weight is 199 g/mol. The van der Waals surface area contributed by atoms with Crippen LogP contribution in [0.5, 0.6) is 0 Å². The Balaban J connectivity index is 2.75. The van der Waals surface area contributed by atoms with E-state index in [-0.39, 0.29) is 17.2 Å². The molecule has 0 aromatic rings. The van der Waals surface area contributed by atoms with Crippen molar-refractivity contribution in [2.75, 3.05) is 13.1 Å². The van der Waals surface area contributed by atoms with E-state index in [1.165, 1.54) is 6.92 Å². The van der Waals surface area contributed by atoms with E-state index in [2.05, 4.69) is 0 Å². The molecule has 1 amide bonds. The predicted molar refractivity (Wildman–Crippen MR) is 51.8 cm³/mol. The van der Waals surface area contributed by atoms with Crippen molar-refractivity contribution in [3.63, 3.8) is 0 Å². The molecule has 0 aromatic heterocycles. The number of amides is 1. The van der Waals surface area contributed by atoms with E-state index in [1.807, 2.05) is 13.8 Å². The van der Waals surface area contributed by atoms with Crippen LogP contribution in [0.3, 0.4) is 0 Å². The van der Waals surface area contributed by atoms with Gasteiger partial charge >= 0.3 is 5.97 Å². The summed E-state index contributed by atoms with van der Waals surface area (Å²) in [5.41, 5.74) is -0.324. The summed E-state index contributed by atoms with van der Waals surface area (Å²) in [4.78, 5) is 23.8. The molecule has 0 spiro atoms. The van der Waals surface area contributed by atoms with Gasteiger partial charge in [-0.1, -0.05) is 13.8 Å². The van der Waals surface area contributed by atoms with Gasteiger partial charge < -0.3 is 10.0 Å². The van der Waals surface area contributed by atoms with Gasteiger partial charge in [0.2, 0.25) is 5.91 Å². The Morgan fingerprint density at radius 2 is 2.00 bits per heavy atom. The number of carbonyl (C=O) groups is 2. The third-order valence-electron chi connectivity index (χ3n) is 2.97. The molecular formula is C10H17NO3.